The Kier molecular flexibility index (Phi) is 6.49. The Morgan fingerprint density at radius 1 is 1.29 bits per heavy atom. The first-order valence-electron chi connectivity index (χ1n) is 10.1. The molecule has 12 nitrogen and oxygen atoms in total. The predicted molar refractivity (Wildman–Crippen MR) is 116 cm³/mol. The fraction of sp³-hybridized carbons (Fsp3) is 0.238. The van der Waals surface area contributed by atoms with Gasteiger partial charge in [-0.3, -0.25) is 10.5 Å². The second-order valence-electron chi connectivity index (χ2n) is 7.50. The van der Waals surface area contributed by atoms with E-state index in [2.05, 4.69) is 14.7 Å². The molecule has 0 saturated heterocycles. The van der Waals surface area contributed by atoms with E-state index in [1.807, 2.05) is 0 Å². The molecular formula is C21H22N4O8P+. The fourth-order valence-corrected chi connectivity index (χ4v) is 3.56. The lowest BCUT2D eigenvalue weighted by molar-refractivity contribution is -0.711. The third-order valence-electron chi connectivity index (χ3n) is 4.96. The van der Waals surface area contributed by atoms with Gasteiger partial charge in [0.2, 0.25) is 24.2 Å². The quantitative estimate of drug-likeness (QED) is 0.312. The molecule has 0 spiro atoms. The summed E-state index contributed by atoms with van der Waals surface area (Å²) in [6.45, 7) is 2.89. The molecule has 4 heterocycles. The van der Waals surface area contributed by atoms with Crippen LogP contribution in [0.25, 0.3) is 11.3 Å². The Balaban J connectivity index is 1.44. The van der Waals surface area contributed by atoms with Crippen LogP contribution in [0.1, 0.15) is 25.1 Å². The van der Waals surface area contributed by atoms with E-state index in [-0.39, 0.29) is 23.2 Å². The van der Waals surface area contributed by atoms with Gasteiger partial charge in [-0.25, -0.2) is 18.6 Å². The lowest BCUT2D eigenvalue weighted by atomic mass is 10.1. The summed E-state index contributed by atoms with van der Waals surface area (Å²) >= 11 is 0. The second kappa shape index (κ2) is 9.35. The molecule has 178 valence electrons. The van der Waals surface area contributed by atoms with Crippen molar-refractivity contribution in [3.8, 4) is 17.2 Å². The van der Waals surface area contributed by atoms with Crippen LogP contribution in [0.5, 0.6) is 5.88 Å². The highest BCUT2D eigenvalue weighted by molar-refractivity contribution is 7.46. The van der Waals surface area contributed by atoms with Crippen molar-refractivity contribution >= 4 is 19.4 Å². The third-order valence-corrected chi connectivity index (χ3v) is 5.41. The Hall–Kier alpha value is -3.57. The molecule has 0 radical (unpaired) electrons. The number of nitrogens with two attached hydrogens (primary N) is 1. The van der Waals surface area contributed by atoms with Gasteiger partial charge < -0.3 is 23.8 Å². The largest absolute Gasteiger partial charge is 0.483 e. The van der Waals surface area contributed by atoms with Gasteiger partial charge in [-0.05, 0) is 31.5 Å². The number of rotatable bonds is 8. The summed E-state index contributed by atoms with van der Waals surface area (Å²) < 4.78 is 33.1. The number of aromatic nitrogens is 3. The van der Waals surface area contributed by atoms with Crippen LogP contribution in [0.2, 0.25) is 0 Å². The van der Waals surface area contributed by atoms with Crippen molar-refractivity contribution in [1.29, 1.82) is 0 Å². The summed E-state index contributed by atoms with van der Waals surface area (Å²) in [5, 5.41) is 4.05. The monoisotopic (exact) mass is 489 g/mol. The van der Waals surface area contributed by atoms with Gasteiger partial charge in [-0.15, -0.1) is 0 Å². The fourth-order valence-electron chi connectivity index (χ4n) is 3.29. The number of hydrogen-bond acceptors (Lipinski definition) is 9. The number of hydrogen-bond donors (Lipinski definition) is 3. The molecule has 0 amide bonds. The van der Waals surface area contributed by atoms with E-state index in [1.54, 1.807) is 50.4 Å². The van der Waals surface area contributed by atoms with Crippen LogP contribution in [0.4, 0.5) is 5.82 Å². The van der Waals surface area contributed by atoms with E-state index in [4.69, 9.17) is 29.5 Å². The second-order valence-corrected chi connectivity index (χ2v) is 8.74. The summed E-state index contributed by atoms with van der Waals surface area (Å²) in [5.41, 5.74) is 8.02. The van der Waals surface area contributed by atoms with Gasteiger partial charge in [0.1, 0.15) is 11.3 Å². The molecule has 1 unspecified atom stereocenters. The van der Waals surface area contributed by atoms with Crippen LogP contribution < -0.4 is 15.0 Å². The molecule has 0 fully saturated rings. The Bertz CT molecular complexity index is 1300. The number of anilines is 1. The van der Waals surface area contributed by atoms with E-state index in [0.717, 1.165) is 5.56 Å². The average molecular weight is 489 g/mol. The van der Waals surface area contributed by atoms with Crippen LogP contribution >= 0.6 is 7.82 Å². The van der Waals surface area contributed by atoms with Crippen molar-refractivity contribution in [3.05, 3.63) is 65.5 Å². The molecular weight excluding hydrogens is 467 g/mol. The number of nitrogens with zero attached hydrogens (tertiary/aromatic N) is 3. The molecule has 4 N–H and O–H groups in total. The normalized spacial score (nSPS) is 16.1. The molecule has 13 heteroatoms. The van der Waals surface area contributed by atoms with E-state index in [1.165, 1.54) is 10.8 Å². The number of phosphoric ester groups is 1. The maximum absolute atomic E-state index is 12.1. The van der Waals surface area contributed by atoms with Gasteiger partial charge in [0.25, 0.3) is 5.82 Å². The molecule has 0 aliphatic carbocycles. The van der Waals surface area contributed by atoms with Crippen LogP contribution in [-0.4, -0.2) is 31.8 Å². The molecule has 1 atom stereocenters. The molecule has 0 aromatic carbocycles. The molecule has 1 aliphatic rings. The molecule has 0 bridgehead atoms. The SMILES string of the molecule is CC1=C(Oc2ccc(Cc3cc(-c4ccc[n+](COP(=O)(O)O)c4N)on3)cn2)C(=O)C(C)O1. The number of phosphoric acid groups is 1. The summed E-state index contributed by atoms with van der Waals surface area (Å²) in [7, 11) is -4.65. The molecule has 1 aliphatic heterocycles. The average Bonchev–Trinajstić information content (AvgIpc) is 3.33. The number of carbonyl (C=O) groups is 1. The Labute approximate surface area is 193 Å². The third kappa shape index (κ3) is 5.32. The number of pyridine rings is 2. The maximum Gasteiger partial charge on any atom is 0.472 e. The van der Waals surface area contributed by atoms with Crippen molar-refractivity contribution in [2.45, 2.75) is 33.1 Å². The topological polar surface area (TPSA) is 171 Å². The number of ether oxygens (including phenoxy) is 2. The number of carbonyl (C=O) groups excluding carboxylic acids is 1. The summed E-state index contributed by atoms with van der Waals surface area (Å²) in [5.74, 6) is 1.18. The lowest BCUT2D eigenvalue weighted by Gasteiger charge is -2.07. The standard InChI is InChI=1S/C21H21N4O8P/c1-12-19(26)20(13(2)31-12)32-18-6-5-14(10-23-18)8-15-9-17(33-24-15)16-4-3-7-25(21(16)22)11-30-34(27,28)29/h3-7,9-10,12,22H,8,11H2,1-2H3,(H2,27,28,29)/p+1. The predicted octanol–water partition coefficient (Wildman–Crippen LogP) is 1.86. The van der Waals surface area contributed by atoms with Gasteiger partial charge in [0.05, 0.1) is 11.9 Å². The van der Waals surface area contributed by atoms with Crippen LogP contribution in [0.15, 0.2) is 58.8 Å². The number of ketones is 1. The summed E-state index contributed by atoms with van der Waals surface area (Å²) in [4.78, 5) is 34.1. The first-order chi connectivity index (χ1) is 16.1. The Morgan fingerprint density at radius 3 is 2.74 bits per heavy atom. The zero-order valence-electron chi connectivity index (χ0n) is 18.2. The van der Waals surface area contributed by atoms with Crippen LogP contribution in [0, 0.1) is 0 Å². The smallest absolute Gasteiger partial charge is 0.472 e. The highest BCUT2D eigenvalue weighted by Gasteiger charge is 2.32. The lowest BCUT2D eigenvalue weighted by Crippen LogP contribution is -2.38. The number of allylic oxidation sites excluding steroid dienone is 1. The number of Topliss-reactive ketones (excluding diaryl/α,β-unsaturated/α-hetero) is 1. The van der Waals surface area contributed by atoms with Crippen molar-refractivity contribution in [2.75, 3.05) is 5.73 Å². The van der Waals surface area contributed by atoms with Crippen molar-refractivity contribution in [2.24, 2.45) is 0 Å². The zero-order valence-corrected chi connectivity index (χ0v) is 19.1. The van der Waals surface area contributed by atoms with E-state index in [0.29, 0.717) is 29.2 Å². The maximum atomic E-state index is 12.1. The van der Waals surface area contributed by atoms with E-state index in [9.17, 15) is 9.36 Å². The minimum Gasteiger partial charge on any atom is -0.483 e. The number of nitrogen functional groups attached to an aromatic ring is 1. The van der Waals surface area contributed by atoms with Crippen LogP contribution in [0.3, 0.4) is 0 Å². The van der Waals surface area contributed by atoms with Crippen molar-refractivity contribution in [1.82, 2.24) is 10.1 Å². The highest BCUT2D eigenvalue weighted by Crippen LogP contribution is 2.35. The van der Waals surface area contributed by atoms with Crippen LogP contribution in [-0.2, 0) is 31.8 Å². The summed E-state index contributed by atoms with van der Waals surface area (Å²) in [6, 6.07) is 8.46. The van der Waals surface area contributed by atoms with Gasteiger partial charge in [-0.1, -0.05) is 11.2 Å². The molecule has 3 aromatic rings. The van der Waals surface area contributed by atoms with Gasteiger partial charge in [0, 0.05) is 24.8 Å². The van der Waals surface area contributed by atoms with Gasteiger partial charge in [-0.2, -0.15) is 0 Å². The first-order valence-corrected chi connectivity index (χ1v) is 11.6. The summed E-state index contributed by atoms with van der Waals surface area (Å²) in [6.07, 6.45) is 2.96. The molecule has 3 aromatic heterocycles. The minimum atomic E-state index is -4.65. The molecule has 4 rings (SSSR count). The Morgan fingerprint density at radius 2 is 2.09 bits per heavy atom. The highest BCUT2D eigenvalue weighted by atomic mass is 31.2. The minimum absolute atomic E-state index is 0.151. The molecule has 34 heavy (non-hydrogen) atoms. The van der Waals surface area contributed by atoms with Crippen molar-refractivity contribution < 1.29 is 42.2 Å². The van der Waals surface area contributed by atoms with Crippen molar-refractivity contribution in [3.63, 3.8) is 0 Å². The molecule has 0 saturated carbocycles. The van der Waals surface area contributed by atoms with Gasteiger partial charge >= 0.3 is 7.82 Å². The zero-order chi connectivity index (χ0) is 24.5. The first kappa shape index (κ1) is 23.6. The van der Waals surface area contributed by atoms with Gasteiger partial charge in [0.15, 0.2) is 11.9 Å². The van der Waals surface area contributed by atoms with E-state index < -0.39 is 20.7 Å². The van der Waals surface area contributed by atoms with E-state index >= 15 is 0 Å².